The Morgan fingerprint density at radius 1 is 1.28 bits per heavy atom. The van der Waals surface area contributed by atoms with Gasteiger partial charge in [-0.15, -0.1) is 0 Å². The van der Waals surface area contributed by atoms with Crippen LogP contribution in [0.2, 0.25) is 0 Å². The van der Waals surface area contributed by atoms with Crippen molar-refractivity contribution in [2.75, 3.05) is 6.61 Å². The Labute approximate surface area is 99.9 Å². The molecule has 0 spiro atoms. The van der Waals surface area contributed by atoms with Crippen LogP contribution in [0.15, 0.2) is 18.5 Å². The van der Waals surface area contributed by atoms with E-state index in [4.69, 9.17) is 4.84 Å². The lowest BCUT2D eigenvalue weighted by Gasteiger charge is -2.03. The van der Waals surface area contributed by atoms with E-state index in [1.54, 1.807) is 6.92 Å². The van der Waals surface area contributed by atoms with E-state index in [1.807, 2.05) is 0 Å². The number of rotatable bonds is 4. The molecule has 0 unspecified atom stereocenters. The summed E-state index contributed by atoms with van der Waals surface area (Å²) in [5.41, 5.74) is -0.599. The van der Waals surface area contributed by atoms with Crippen LogP contribution in [0, 0.1) is 20.2 Å². The third-order valence-corrected chi connectivity index (χ3v) is 2.27. The van der Waals surface area contributed by atoms with Gasteiger partial charge in [0, 0.05) is 0 Å². The van der Waals surface area contributed by atoms with Crippen LogP contribution in [0.1, 0.15) is 6.92 Å². The summed E-state index contributed by atoms with van der Waals surface area (Å²) in [6, 6.07) is 2.14. The minimum Gasteiger partial charge on any atom is -0.413 e. The molecule has 0 saturated carbocycles. The van der Waals surface area contributed by atoms with E-state index < -0.39 is 21.2 Å². The van der Waals surface area contributed by atoms with Crippen molar-refractivity contribution in [2.45, 2.75) is 6.92 Å². The largest absolute Gasteiger partial charge is 0.413 e. The van der Waals surface area contributed by atoms with Gasteiger partial charge in [0.2, 0.25) is 0 Å². The molecular formula is C9H8N4O5. The van der Waals surface area contributed by atoms with Crippen molar-refractivity contribution in [3.05, 3.63) is 38.7 Å². The van der Waals surface area contributed by atoms with E-state index in [9.17, 15) is 20.2 Å². The zero-order valence-electron chi connectivity index (χ0n) is 9.27. The van der Waals surface area contributed by atoms with Gasteiger partial charge in [-0.1, -0.05) is 0 Å². The van der Waals surface area contributed by atoms with Crippen LogP contribution in [0.25, 0.3) is 11.0 Å². The second kappa shape index (κ2) is 4.28. The van der Waals surface area contributed by atoms with Crippen molar-refractivity contribution >= 4 is 22.4 Å². The van der Waals surface area contributed by atoms with Gasteiger partial charge in [0.25, 0.3) is 0 Å². The lowest BCUT2D eigenvalue weighted by atomic mass is 10.2. The van der Waals surface area contributed by atoms with Crippen LogP contribution in [0.4, 0.5) is 11.4 Å². The zero-order valence-corrected chi connectivity index (χ0v) is 9.27. The third kappa shape index (κ3) is 1.81. The number of hydrogen-bond donors (Lipinski definition) is 0. The zero-order chi connectivity index (χ0) is 13.3. The maximum atomic E-state index is 10.8. The van der Waals surface area contributed by atoms with Crippen LogP contribution in [-0.4, -0.2) is 26.2 Å². The summed E-state index contributed by atoms with van der Waals surface area (Å²) >= 11 is 0. The highest BCUT2D eigenvalue weighted by Crippen LogP contribution is 2.30. The number of benzene rings is 1. The molecular weight excluding hydrogens is 244 g/mol. The highest BCUT2D eigenvalue weighted by Gasteiger charge is 2.26. The molecule has 1 heterocycles. The highest BCUT2D eigenvalue weighted by molar-refractivity contribution is 5.82. The molecule has 18 heavy (non-hydrogen) atoms. The fraction of sp³-hybridized carbons (Fsp3) is 0.222. The minimum absolute atomic E-state index is 0.265. The van der Waals surface area contributed by atoms with Crippen LogP contribution >= 0.6 is 0 Å². The molecule has 0 radical (unpaired) electrons. The lowest BCUT2D eigenvalue weighted by molar-refractivity contribution is -0.422. The summed E-state index contributed by atoms with van der Waals surface area (Å²) in [4.78, 5) is 29.0. The molecule has 0 aliphatic rings. The Bertz CT molecular complexity index is 635. The molecule has 0 amide bonds. The molecule has 2 aromatic rings. The molecule has 94 valence electrons. The second-order valence-electron chi connectivity index (χ2n) is 3.33. The summed E-state index contributed by atoms with van der Waals surface area (Å²) in [7, 11) is 0. The van der Waals surface area contributed by atoms with Crippen LogP contribution in [0.3, 0.4) is 0 Å². The maximum absolute atomic E-state index is 10.8. The summed E-state index contributed by atoms with van der Waals surface area (Å²) in [5.74, 6) is 0. The lowest BCUT2D eigenvalue weighted by Crippen LogP contribution is -2.09. The molecule has 1 aromatic heterocycles. The van der Waals surface area contributed by atoms with Crippen LogP contribution < -0.4 is 4.84 Å². The predicted molar refractivity (Wildman–Crippen MR) is 60.2 cm³/mol. The number of nitro groups is 2. The predicted octanol–water partition coefficient (Wildman–Crippen LogP) is 1.30. The normalized spacial score (nSPS) is 10.5. The molecule has 0 fully saturated rings. The summed E-state index contributed by atoms with van der Waals surface area (Å²) in [6.45, 7) is 2.09. The standard InChI is InChI=1S/C9H8N4O5/c1-2-18-11-5-10-6-3-8(12(14)15)9(13(16)17)4-7(6)11/h3-5H,2H2,1H3. The van der Waals surface area contributed by atoms with Crippen molar-refractivity contribution in [3.63, 3.8) is 0 Å². The smallest absolute Gasteiger partial charge is 0.348 e. The van der Waals surface area contributed by atoms with Gasteiger partial charge in [-0.25, -0.2) is 4.98 Å². The summed E-state index contributed by atoms with van der Waals surface area (Å²) in [5, 5.41) is 21.5. The first-order valence-corrected chi connectivity index (χ1v) is 4.97. The van der Waals surface area contributed by atoms with Crippen LogP contribution in [-0.2, 0) is 0 Å². The maximum Gasteiger partial charge on any atom is 0.348 e. The molecule has 2 rings (SSSR count). The van der Waals surface area contributed by atoms with Gasteiger partial charge in [0.15, 0.2) is 0 Å². The second-order valence-corrected chi connectivity index (χ2v) is 3.33. The molecule has 9 nitrogen and oxygen atoms in total. The van der Waals surface area contributed by atoms with Gasteiger partial charge in [-0.05, 0) is 6.92 Å². The van der Waals surface area contributed by atoms with E-state index >= 15 is 0 Å². The summed E-state index contributed by atoms with van der Waals surface area (Å²) in [6.07, 6.45) is 1.31. The molecule has 9 heteroatoms. The van der Waals surface area contributed by atoms with Gasteiger partial charge >= 0.3 is 11.4 Å². The van der Waals surface area contributed by atoms with Gasteiger partial charge in [0.1, 0.15) is 18.5 Å². The van der Waals surface area contributed by atoms with Gasteiger partial charge in [-0.3, -0.25) is 20.2 Å². The van der Waals surface area contributed by atoms with E-state index in [-0.39, 0.29) is 5.52 Å². The fourth-order valence-electron chi connectivity index (χ4n) is 1.55. The molecule has 0 aliphatic carbocycles. The average Bonchev–Trinajstić information content (AvgIpc) is 2.70. The molecule has 0 bridgehead atoms. The van der Waals surface area contributed by atoms with Gasteiger partial charge in [0.05, 0.1) is 27.5 Å². The first-order valence-electron chi connectivity index (χ1n) is 4.97. The van der Waals surface area contributed by atoms with Crippen molar-refractivity contribution in [2.24, 2.45) is 0 Å². The Kier molecular flexibility index (Phi) is 2.80. The third-order valence-electron chi connectivity index (χ3n) is 2.27. The van der Waals surface area contributed by atoms with Crippen molar-refractivity contribution < 1.29 is 14.7 Å². The SMILES string of the molecule is CCOn1cnc2cc([N+](=O)[O-])c([N+](=O)[O-])cc21. The first kappa shape index (κ1) is 11.8. The summed E-state index contributed by atoms with van der Waals surface area (Å²) < 4.78 is 1.24. The number of nitrogens with zero attached hydrogens (tertiary/aromatic N) is 4. The Balaban J connectivity index is 2.70. The Morgan fingerprint density at radius 3 is 2.44 bits per heavy atom. The quantitative estimate of drug-likeness (QED) is 0.598. The van der Waals surface area contributed by atoms with Crippen LogP contribution in [0.5, 0.6) is 0 Å². The van der Waals surface area contributed by atoms with Crippen molar-refractivity contribution in [1.29, 1.82) is 0 Å². The molecule has 0 N–H and O–H groups in total. The van der Waals surface area contributed by atoms with E-state index in [0.29, 0.717) is 12.1 Å². The fourth-order valence-corrected chi connectivity index (χ4v) is 1.55. The molecule has 1 aromatic carbocycles. The topological polar surface area (TPSA) is 113 Å². The van der Waals surface area contributed by atoms with Gasteiger partial charge in [-0.2, -0.15) is 4.73 Å². The average molecular weight is 252 g/mol. The minimum atomic E-state index is -0.808. The monoisotopic (exact) mass is 252 g/mol. The van der Waals surface area contributed by atoms with Gasteiger partial charge < -0.3 is 4.84 Å². The Hall–Kier alpha value is -2.71. The molecule has 0 aliphatic heterocycles. The first-order chi connectivity index (χ1) is 8.54. The number of imidazole rings is 1. The van der Waals surface area contributed by atoms with Crippen molar-refractivity contribution in [3.8, 4) is 0 Å². The highest BCUT2D eigenvalue weighted by atomic mass is 16.7. The van der Waals surface area contributed by atoms with E-state index in [1.165, 1.54) is 11.1 Å². The van der Waals surface area contributed by atoms with E-state index in [2.05, 4.69) is 4.98 Å². The number of nitro benzene ring substituents is 2. The molecule has 0 atom stereocenters. The number of aromatic nitrogens is 2. The Morgan fingerprint density at radius 2 is 1.89 bits per heavy atom. The van der Waals surface area contributed by atoms with Crippen molar-refractivity contribution in [1.82, 2.24) is 9.71 Å². The number of hydrogen-bond acceptors (Lipinski definition) is 6. The van der Waals surface area contributed by atoms with E-state index in [0.717, 1.165) is 12.1 Å². The number of fused-ring (bicyclic) bond motifs is 1. The molecule has 0 saturated heterocycles.